The number of nitrogens with zero attached hydrogens (tertiary/aromatic N) is 2. The van der Waals surface area contributed by atoms with Crippen LogP contribution in [0, 0.1) is 5.41 Å². The fourth-order valence-electron chi connectivity index (χ4n) is 2.62. The molecule has 112 valence electrons. The summed E-state index contributed by atoms with van der Waals surface area (Å²) in [5, 5.41) is 8.86. The van der Waals surface area contributed by atoms with Crippen molar-refractivity contribution in [2.75, 3.05) is 33.3 Å². The summed E-state index contributed by atoms with van der Waals surface area (Å²) in [7, 11) is 2.12. The summed E-state index contributed by atoms with van der Waals surface area (Å²) >= 11 is 0. The SMILES string of the molecule is CN(CCCO)C1CCN(C(=O)CC(C)(C)C)CC1. The predicted octanol–water partition coefficient (Wildman–Crippen LogP) is 1.73. The zero-order valence-electron chi connectivity index (χ0n) is 13.0. The number of amides is 1. The lowest BCUT2D eigenvalue weighted by molar-refractivity contribution is -0.134. The number of likely N-dealkylation sites (tertiary alicyclic amines) is 1. The zero-order chi connectivity index (χ0) is 14.5. The average Bonchev–Trinajstić information content (AvgIpc) is 2.34. The number of piperidine rings is 1. The third-order valence-corrected chi connectivity index (χ3v) is 3.79. The Morgan fingerprint density at radius 3 is 2.37 bits per heavy atom. The van der Waals surface area contributed by atoms with Crippen molar-refractivity contribution in [3.05, 3.63) is 0 Å². The van der Waals surface area contributed by atoms with Crippen LogP contribution in [0.1, 0.15) is 46.5 Å². The molecule has 1 heterocycles. The van der Waals surface area contributed by atoms with E-state index in [9.17, 15) is 4.79 Å². The molecular weight excluding hydrogens is 240 g/mol. The summed E-state index contributed by atoms with van der Waals surface area (Å²) in [5.74, 6) is 0.295. The zero-order valence-corrected chi connectivity index (χ0v) is 13.0. The molecule has 0 saturated carbocycles. The highest BCUT2D eigenvalue weighted by molar-refractivity contribution is 5.76. The van der Waals surface area contributed by atoms with Crippen LogP contribution in [-0.4, -0.2) is 60.1 Å². The van der Waals surface area contributed by atoms with E-state index in [1.807, 2.05) is 4.90 Å². The highest BCUT2D eigenvalue weighted by Crippen LogP contribution is 2.22. The standard InChI is InChI=1S/C15H30N2O2/c1-15(2,3)12-14(19)17-9-6-13(7-10-17)16(4)8-5-11-18/h13,18H,5-12H2,1-4H3. The first-order chi connectivity index (χ1) is 8.83. The smallest absolute Gasteiger partial charge is 0.223 e. The van der Waals surface area contributed by atoms with Crippen LogP contribution in [0.3, 0.4) is 0 Å². The van der Waals surface area contributed by atoms with Gasteiger partial charge in [0.1, 0.15) is 0 Å². The van der Waals surface area contributed by atoms with Gasteiger partial charge in [0.05, 0.1) is 0 Å². The van der Waals surface area contributed by atoms with Crippen LogP contribution < -0.4 is 0 Å². The molecule has 0 unspecified atom stereocenters. The molecule has 0 aromatic rings. The molecule has 1 aliphatic rings. The highest BCUT2D eigenvalue weighted by atomic mass is 16.3. The van der Waals surface area contributed by atoms with E-state index in [2.05, 4.69) is 32.7 Å². The first-order valence-corrected chi connectivity index (χ1v) is 7.42. The first-order valence-electron chi connectivity index (χ1n) is 7.42. The van der Waals surface area contributed by atoms with Crippen LogP contribution in [0.4, 0.5) is 0 Å². The van der Waals surface area contributed by atoms with E-state index in [4.69, 9.17) is 5.11 Å². The Morgan fingerprint density at radius 2 is 1.89 bits per heavy atom. The molecule has 1 fully saturated rings. The van der Waals surface area contributed by atoms with E-state index in [0.717, 1.165) is 38.9 Å². The van der Waals surface area contributed by atoms with Crippen molar-refractivity contribution >= 4 is 5.91 Å². The van der Waals surface area contributed by atoms with E-state index < -0.39 is 0 Å². The number of hydrogen-bond donors (Lipinski definition) is 1. The molecule has 1 N–H and O–H groups in total. The third-order valence-electron chi connectivity index (χ3n) is 3.79. The lowest BCUT2D eigenvalue weighted by Crippen LogP contribution is -2.46. The topological polar surface area (TPSA) is 43.8 Å². The van der Waals surface area contributed by atoms with Gasteiger partial charge in [-0.05, 0) is 31.7 Å². The van der Waals surface area contributed by atoms with Crippen molar-refractivity contribution < 1.29 is 9.90 Å². The second-order valence-corrected chi connectivity index (χ2v) is 6.91. The van der Waals surface area contributed by atoms with Crippen LogP contribution in [0.2, 0.25) is 0 Å². The average molecular weight is 270 g/mol. The first kappa shape index (κ1) is 16.4. The molecule has 0 bridgehead atoms. The van der Waals surface area contributed by atoms with Crippen molar-refractivity contribution in [2.45, 2.75) is 52.5 Å². The molecule has 0 spiro atoms. The normalized spacial score (nSPS) is 18.1. The molecule has 0 aromatic heterocycles. The Morgan fingerprint density at radius 1 is 1.32 bits per heavy atom. The monoisotopic (exact) mass is 270 g/mol. The van der Waals surface area contributed by atoms with Gasteiger partial charge in [-0.2, -0.15) is 0 Å². The number of aliphatic hydroxyl groups excluding tert-OH is 1. The fraction of sp³-hybridized carbons (Fsp3) is 0.933. The molecule has 19 heavy (non-hydrogen) atoms. The lowest BCUT2D eigenvalue weighted by Gasteiger charge is -2.37. The summed E-state index contributed by atoms with van der Waals surface area (Å²) in [6.45, 7) is 9.29. The van der Waals surface area contributed by atoms with Crippen molar-refractivity contribution in [3.8, 4) is 0 Å². The lowest BCUT2D eigenvalue weighted by atomic mass is 9.91. The molecule has 0 radical (unpaired) electrons. The van der Waals surface area contributed by atoms with E-state index >= 15 is 0 Å². The summed E-state index contributed by atoms with van der Waals surface area (Å²) in [6, 6.07) is 0.560. The van der Waals surface area contributed by atoms with Crippen LogP contribution in [0.5, 0.6) is 0 Å². The minimum absolute atomic E-state index is 0.0752. The van der Waals surface area contributed by atoms with Gasteiger partial charge in [-0.1, -0.05) is 20.8 Å². The quantitative estimate of drug-likeness (QED) is 0.827. The second-order valence-electron chi connectivity index (χ2n) is 6.91. The molecule has 1 amide bonds. The molecule has 1 aliphatic heterocycles. The number of hydrogen-bond acceptors (Lipinski definition) is 3. The molecule has 1 rings (SSSR count). The van der Waals surface area contributed by atoms with Gasteiger partial charge in [-0.15, -0.1) is 0 Å². The molecule has 0 atom stereocenters. The third kappa shape index (κ3) is 5.91. The van der Waals surface area contributed by atoms with E-state index in [1.165, 1.54) is 0 Å². The Kier molecular flexibility index (Phi) is 6.27. The van der Waals surface area contributed by atoms with E-state index in [0.29, 0.717) is 18.4 Å². The van der Waals surface area contributed by atoms with Crippen molar-refractivity contribution in [1.82, 2.24) is 9.80 Å². The summed E-state index contributed by atoms with van der Waals surface area (Å²) in [4.78, 5) is 16.5. The van der Waals surface area contributed by atoms with Gasteiger partial charge in [-0.25, -0.2) is 0 Å². The van der Waals surface area contributed by atoms with Crippen molar-refractivity contribution in [3.63, 3.8) is 0 Å². The molecule has 0 aliphatic carbocycles. The Balaban J connectivity index is 2.34. The van der Waals surface area contributed by atoms with Crippen molar-refractivity contribution in [2.24, 2.45) is 5.41 Å². The maximum absolute atomic E-state index is 12.1. The Hall–Kier alpha value is -0.610. The summed E-state index contributed by atoms with van der Waals surface area (Å²) in [5.41, 5.74) is 0.0752. The number of rotatable bonds is 5. The van der Waals surface area contributed by atoms with Crippen LogP contribution in [0.15, 0.2) is 0 Å². The molecule has 1 saturated heterocycles. The summed E-state index contributed by atoms with van der Waals surface area (Å²) in [6.07, 6.45) is 3.58. The van der Waals surface area contributed by atoms with Gasteiger partial charge in [0.15, 0.2) is 0 Å². The Bertz CT molecular complexity index is 278. The number of aliphatic hydroxyl groups is 1. The summed E-state index contributed by atoms with van der Waals surface area (Å²) < 4.78 is 0. The minimum Gasteiger partial charge on any atom is -0.396 e. The predicted molar refractivity (Wildman–Crippen MR) is 78.0 cm³/mol. The molecule has 0 aromatic carbocycles. The van der Waals surface area contributed by atoms with Gasteiger partial charge in [-0.3, -0.25) is 4.79 Å². The van der Waals surface area contributed by atoms with Gasteiger partial charge in [0.2, 0.25) is 5.91 Å². The highest BCUT2D eigenvalue weighted by Gasteiger charge is 2.27. The molecular formula is C15H30N2O2. The van der Waals surface area contributed by atoms with Crippen LogP contribution >= 0.6 is 0 Å². The van der Waals surface area contributed by atoms with Crippen LogP contribution in [0.25, 0.3) is 0 Å². The maximum atomic E-state index is 12.1. The van der Waals surface area contributed by atoms with Crippen LogP contribution in [-0.2, 0) is 4.79 Å². The second kappa shape index (κ2) is 7.25. The molecule has 4 heteroatoms. The maximum Gasteiger partial charge on any atom is 0.223 e. The van der Waals surface area contributed by atoms with E-state index in [-0.39, 0.29) is 12.0 Å². The minimum atomic E-state index is 0.0752. The Labute approximate surface area is 117 Å². The van der Waals surface area contributed by atoms with Crippen molar-refractivity contribution in [1.29, 1.82) is 0 Å². The van der Waals surface area contributed by atoms with E-state index in [1.54, 1.807) is 0 Å². The van der Waals surface area contributed by atoms with Gasteiger partial charge in [0.25, 0.3) is 0 Å². The van der Waals surface area contributed by atoms with Gasteiger partial charge < -0.3 is 14.9 Å². The largest absolute Gasteiger partial charge is 0.396 e. The number of carbonyl (C=O) groups excluding carboxylic acids is 1. The van der Waals surface area contributed by atoms with Gasteiger partial charge >= 0.3 is 0 Å². The fourth-order valence-corrected chi connectivity index (χ4v) is 2.62. The number of carbonyl (C=O) groups is 1. The molecule has 4 nitrogen and oxygen atoms in total. The van der Waals surface area contributed by atoms with Gasteiger partial charge in [0, 0.05) is 38.7 Å².